The van der Waals surface area contributed by atoms with Crippen molar-refractivity contribution in [2.75, 3.05) is 30.4 Å². The van der Waals surface area contributed by atoms with Crippen LogP contribution in [0.15, 0.2) is 36.5 Å². The van der Waals surface area contributed by atoms with Crippen LogP contribution in [0.3, 0.4) is 0 Å². The third-order valence-corrected chi connectivity index (χ3v) is 3.99. The summed E-state index contributed by atoms with van der Waals surface area (Å²) in [5.74, 6) is 0.508. The van der Waals surface area contributed by atoms with E-state index < -0.39 is 0 Å². The SMILES string of the molecule is CNC1CCN(c2cnnc(NCc3ccc(F)cc3)c2)C1. The van der Waals surface area contributed by atoms with Crippen molar-refractivity contribution in [1.82, 2.24) is 15.5 Å². The van der Waals surface area contributed by atoms with Crippen molar-refractivity contribution in [3.63, 3.8) is 0 Å². The predicted octanol–water partition coefficient (Wildman–Crippen LogP) is 2.03. The molecule has 0 aliphatic carbocycles. The van der Waals surface area contributed by atoms with E-state index in [-0.39, 0.29) is 5.82 Å². The summed E-state index contributed by atoms with van der Waals surface area (Å²) in [5, 5.41) is 14.7. The lowest BCUT2D eigenvalue weighted by Crippen LogP contribution is -2.29. The van der Waals surface area contributed by atoms with Crippen molar-refractivity contribution in [1.29, 1.82) is 0 Å². The molecule has 2 N–H and O–H groups in total. The predicted molar refractivity (Wildman–Crippen MR) is 85.4 cm³/mol. The molecule has 1 unspecified atom stereocenters. The number of hydrogen-bond acceptors (Lipinski definition) is 5. The molecule has 2 aromatic rings. The van der Waals surface area contributed by atoms with E-state index in [1.807, 2.05) is 13.1 Å². The van der Waals surface area contributed by atoms with Gasteiger partial charge in [0.05, 0.1) is 11.9 Å². The monoisotopic (exact) mass is 301 g/mol. The van der Waals surface area contributed by atoms with Crippen LogP contribution in [0.25, 0.3) is 0 Å². The summed E-state index contributed by atoms with van der Waals surface area (Å²) >= 11 is 0. The van der Waals surface area contributed by atoms with E-state index in [2.05, 4.69) is 25.7 Å². The number of likely N-dealkylation sites (N-methyl/N-ethyl adjacent to an activating group) is 1. The van der Waals surface area contributed by atoms with Crippen LogP contribution in [0.4, 0.5) is 15.9 Å². The maximum Gasteiger partial charge on any atom is 0.150 e. The zero-order valence-corrected chi connectivity index (χ0v) is 12.6. The van der Waals surface area contributed by atoms with E-state index in [0.29, 0.717) is 12.6 Å². The maximum absolute atomic E-state index is 12.9. The highest BCUT2D eigenvalue weighted by atomic mass is 19.1. The average Bonchev–Trinajstić information content (AvgIpc) is 3.04. The highest BCUT2D eigenvalue weighted by molar-refractivity contribution is 5.53. The van der Waals surface area contributed by atoms with Crippen molar-refractivity contribution in [2.24, 2.45) is 0 Å². The van der Waals surface area contributed by atoms with Gasteiger partial charge in [0.2, 0.25) is 0 Å². The number of hydrogen-bond donors (Lipinski definition) is 2. The van der Waals surface area contributed by atoms with Gasteiger partial charge in [0.1, 0.15) is 5.82 Å². The average molecular weight is 301 g/mol. The third-order valence-electron chi connectivity index (χ3n) is 3.99. The minimum atomic E-state index is -0.223. The molecule has 1 aliphatic rings. The summed E-state index contributed by atoms with van der Waals surface area (Å²) in [6.45, 7) is 2.60. The number of nitrogens with zero attached hydrogens (tertiary/aromatic N) is 3. The van der Waals surface area contributed by atoms with E-state index in [9.17, 15) is 4.39 Å². The minimum absolute atomic E-state index is 0.223. The topological polar surface area (TPSA) is 53.1 Å². The Morgan fingerprint density at radius 1 is 1.32 bits per heavy atom. The minimum Gasteiger partial charge on any atom is -0.369 e. The van der Waals surface area contributed by atoms with Crippen molar-refractivity contribution in [3.05, 3.63) is 47.9 Å². The van der Waals surface area contributed by atoms with Gasteiger partial charge < -0.3 is 15.5 Å². The van der Waals surface area contributed by atoms with Crippen LogP contribution >= 0.6 is 0 Å². The molecule has 0 bridgehead atoms. The summed E-state index contributed by atoms with van der Waals surface area (Å²) in [5.41, 5.74) is 2.08. The Bertz CT molecular complexity index is 616. The quantitative estimate of drug-likeness (QED) is 0.885. The molecule has 0 spiro atoms. The smallest absolute Gasteiger partial charge is 0.150 e. The van der Waals surface area contributed by atoms with Crippen LogP contribution in [0.5, 0.6) is 0 Å². The van der Waals surface area contributed by atoms with E-state index in [4.69, 9.17) is 0 Å². The Labute approximate surface area is 129 Å². The maximum atomic E-state index is 12.9. The number of halogens is 1. The largest absolute Gasteiger partial charge is 0.369 e. The van der Waals surface area contributed by atoms with Crippen molar-refractivity contribution < 1.29 is 4.39 Å². The number of benzene rings is 1. The number of anilines is 2. The number of nitrogens with one attached hydrogen (secondary N) is 2. The Kier molecular flexibility index (Phi) is 4.48. The summed E-state index contributed by atoms with van der Waals surface area (Å²) in [7, 11) is 1.99. The first-order valence-corrected chi connectivity index (χ1v) is 7.48. The van der Waals surface area contributed by atoms with Gasteiger partial charge in [-0.1, -0.05) is 12.1 Å². The summed E-state index contributed by atoms with van der Waals surface area (Å²) < 4.78 is 12.9. The lowest BCUT2D eigenvalue weighted by Gasteiger charge is -2.18. The lowest BCUT2D eigenvalue weighted by atomic mass is 10.2. The molecular formula is C16H20FN5. The van der Waals surface area contributed by atoms with E-state index in [0.717, 1.165) is 36.6 Å². The standard InChI is InChI=1S/C16H20FN5/c1-18-14-6-7-22(11-14)15-8-16(21-20-10-15)19-9-12-2-4-13(17)5-3-12/h2-5,8,10,14,18H,6-7,9,11H2,1H3,(H,19,21). The molecule has 22 heavy (non-hydrogen) atoms. The van der Waals surface area contributed by atoms with Gasteiger partial charge in [0, 0.05) is 31.7 Å². The molecule has 1 saturated heterocycles. The van der Waals surface area contributed by atoms with Crippen LogP contribution in [0, 0.1) is 5.82 Å². The summed E-state index contributed by atoms with van der Waals surface area (Å²) in [6, 6.07) is 8.98. The van der Waals surface area contributed by atoms with E-state index in [1.165, 1.54) is 12.1 Å². The Morgan fingerprint density at radius 3 is 2.86 bits per heavy atom. The van der Waals surface area contributed by atoms with Gasteiger partial charge in [-0.25, -0.2) is 4.39 Å². The van der Waals surface area contributed by atoms with Crippen molar-refractivity contribution >= 4 is 11.5 Å². The molecule has 1 atom stereocenters. The van der Waals surface area contributed by atoms with Gasteiger partial charge in [-0.15, -0.1) is 5.10 Å². The molecule has 116 valence electrons. The van der Waals surface area contributed by atoms with Gasteiger partial charge in [-0.05, 0) is 31.2 Å². The second kappa shape index (κ2) is 6.70. The van der Waals surface area contributed by atoms with Gasteiger partial charge in [-0.2, -0.15) is 5.10 Å². The Morgan fingerprint density at radius 2 is 2.14 bits per heavy atom. The summed E-state index contributed by atoms with van der Waals surface area (Å²) in [4.78, 5) is 2.30. The highest BCUT2D eigenvalue weighted by Crippen LogP contribution is 2.21. The van der Waals surface area contributed by atoms with Gasteiger partial charge in [0.25, 0.3) is 0 Å². The second-order valence-electron chi connectivity index (χ2n) is 5.50. The van der Waals surface area contributed by atoms with Crippen LogP contribution in [-0.2, 0) is 6.54 Å². The molecular weight excluding hydrogens is 281 g/mol. The van der Waals surface area contributed by atoms with Crippen LogP contribution < -0.4 is 15.5 Å². The molecule has 0 amide bonds. The molecule has 0 radical (unpaired) electrons. The molecule has 3 rings (SSSR count). The first-order chi connectivity index (χ1) is 10.7. The first kappa shape index (κ1) is 14.7. The zero-order valence-electron chi connectivity index (χ0n) is 12.6. The third kappa shape index (κ3) is 3.51. The molecule has 1 aromatic heterocycles. The Balaban J connectivity index is 1.63. The van der Waals surface area contributed by atoms with Crippen LogP contribution in [0.1, 0.15) is 12.0 Å². The zero-order chi connectivity index (χ0) is 15.4. The highest BCUT2D eigenvalue weighted by Gasteiger charge is 2.21. The van der Waals surface area contributed by atoms with Crippen LogP contribution in [-0.4, -0.2) is 36.4 Å². The van der Waals surface area contributed by atoms with Crippen LogP contribution in [0.2, 0.25) is 0 Å². The van der Waals surface area contributed by atoms with Gasteiger partial charge in [-0.3, -0.25) is 0 Å². The lowest BCUT2D eigenvalue weighted by molar-refractivity contribution is 0.617. The second-order valence-corrected chi connectivity index (χ2v) is 5.50. The fourth-order valence-corrected chi connectivity index (χ4v) is 2.64. The molecule has 2 heterocycles. The molecule has 1 fully saturated rings. The molecule has 5 nitrogen and oxygen atoms in total. The molecule has 0 saturated carbocycles. The van der Waals surface area contributed by atoms with E-state index >= 15 is 0 Å². The molecule has 1 aliphatic heterocycles. The number of aromatic nitrogens is 2. The first-order valence-electron chi connectivity index (χ1n) is 7.48. The van der Waals surface area contributed by atoms with Crippen molar-refractivity contribution in [3.8, 4) is 0 Å². The van der Waals surface area contributed by atoms with E-state index in [1.54, 1.807) is 18.3 Å². The fourth-order valence-electron chi connectivity index (χ4n) is 2.64. The summed E-state index contributed by atoms with van der Waals surface area (Å²) in [6.07, 6.45) is 2.93. The number of rotatable bonds is 5. The molecule has 1 aromatic carbocycles. The normalized spacial score (nSPS) is 17.7. The van der Waals surface area contributed by atoms with Gasteiger partial charge in [0.15, 0.2) is 5.82 Å². The van der Waals surface area contributed by atoms with Crippen molar-refractivity contribution in [2.45, 2.75) is 19.0 Å². The van der Waals surface area contributed by atoms with Gasteiger partial charge >= 0.3 is 0 Å². The molecule has 6 heteroatoms. The Hall–Kier alpha value is -2.21. The fraction of sp³-hybridized carbons (Fsp3) is 0.375.